The minimum atomic E-state index is -4.61. The van der Waals surface area contributed by atoms with E-state index in [1.54, 1.807) is 26.2 Å². The molecule has 150 valence electrons. The monoisotopic (exact) mass is 412 g/mol. The van der Waals surface area contributed by atoms with Crippen molar-refractivity contribution in [1.82, 2.24) is 0 Å². The van der Waals surface area contributed by atoms with Gasteiger partial charge in [0.25, 0.3) is 0 Å². The van der Waals surface area contributed by atoms with Gasteiger partial charge in [0.1, 0.15) is 17.4 Å². The van der Waals surface area contributed by atoms with Crippen molar-refractivity contribution in [2.75, 3.05) is 0 Å². The van der Waals surface area contributed by atoms with E-state index in [2.05, 4.69) is 0 Å². The van der Waals surface area contributed by atoms with Gasteiger partial charge in [-0.05, 0) is 41.5 Å². The van der Waals surface area contributed by atoms with E-state index in [4.69, 9.17) is 20.8 Å². The molecule has 0 saturated heterocycles. The standard InChI is InChI=1S/C21H20ClF3O3/c1-12-13(6-4-7-14(12)16-8-5-9-27-16)11-28-19(26)18-15(20(18,2)3)10-17(22)21(23,24)25/h4-10,15,18H,11H2,1-3H3/t15-,18-/m1/s1. The van der Waals surface area contributed by atoms with Gasteiger partial charge in [-0.2, -0.15) is 13.2 Å². The second-order valence-corrected chi connectivity index (χ2v) is 7.92. The lowest BCUT2D eigenvalue weighted by Crippen LogP contribution is -2.11. The third-order valence-corrected chi connectivity index (χ3v) is 5.70. The Hall–Kier alpha value is -2.21. The molecule has 1 aliphatic carbocycles. The van der Waals surface area contributed by atoms with E-state index < -0.39 is 34.4 Å². The van der Waals surface area contributed by atoms with Gasteiger partial charge in [-0.15, -0.1) is 0 Å². The molecule has 2 aromatic rings. The number of ether oxygens (including phenoxy) is 1. The smallest absolute Gasteiger partial charge is 0.426 e. The Morgan fingerprint density at radius 2 is 2.00 bits per heavy atom. The molecule has 1 aromatic heterocycles. The van der Waals surface area contributed by atoms with Crippen LogP contribution in [0.2, 0.25) is 0 Å². The maximum absolute atomic E-state index is 12.7. The highest BCUT2D eigenvalue weighted by Gasteiger charge is 2.62. The molecule has 0 unspecified atom stereocenters. The molecule has 1 aromatic carbocycles. The number of esters is 1. The normalized spacial score (nSPS) is 21.5. The summed E-state index contributed by atoms with van der Waals surface area (Å²) in [4.78, 5) is 12.5. The van der Waals surface area contributed by atoms with Crippen molar-refractivity contribution in [1.29, 1.82) is 0 Å². The summed E-state index contributed by atoms with van der Waals surface area (Å²) in [7, 11) is 0. The van der Waals surface area contributed by atoms with Crippen LogP contribution in [-0.2, 0) is 16.1 Å². The topological polar surface area (TPSA) is 39.4 Å². The molecule has 0 radical (unpaired) electrons. The first-order chi connectivity index (χ1) is 13.0. The Morgan fingerprint density at radius 3 is 2.61 bits per heavy atom. The van der Waals surface area contributed by atoms with Crippen LogP contribution < -0.4 is 0 Å². The van der Waals surface area contributed by atoms with Gasteiger partial charge in [0, 0.05) is 5.56 Å². The van der Waals surface area contributed by atoms with Gasteiger partial charge in [0.2, 0.25) is 0 Å². The lowest BCUT2D eigenvalue weighted by Gasteiger charge is -2.11. The molecule has 0 N–H and O–H groups in total. The highest BCUT2D eigenvalue weighted by Crippen LogP contribution is 2.60. The van der Waals surface area contributed by atoms with Crippen molar-refractivity contribution in [3.05, 3.63) is 58.8 Å². The molecule has 0 amide bonds. The first kappa shape index (κ1) is 20.5. The van der Waals surface area contributed by atoms with Crippen LogP contribution in [0.1, 0.15) is 25.0 Å². The van der Waals surface area contributed by atoms with Gasteiger partial charge in [-0.1, -0.05) is 49.7 Å². The van der Waals surface area contributed by atoms with E-state index in [-0.39, 0.29) is 6.61 Å². The van der Waals surface area contributed by atoms with Crippen LogP contribution in [0, 0.1) is 24.2 Å². The predicted octanol–water partition coefficient (Wildman–Crippen LogP) is 6.26. The van der Waals surface area contributed by atoms with Crippen LogP contribution in [0.5, 0.6) is 0 Å². The van der Waals surface area contributed by atoms with Crippen molar-refractivity contribution in [2.45, 2.75) is 33.6 Å². The van der Waals surface area contributed by atoms with E-state index >= 15 is 0 Å². The zero-order valence-electron chi connectivity index (χ0n) is 15.6. The molecule has 1 fully saturated rings. The number of hydrogen-bond acceptors (Lipinski definition) is 3. The molecule has 28 heavy (non-hydrogen) atoms. The Morgan fingerprint density at radius 1 is 1.29 bits per heavy atom. The van der Waals surface area contributed by atoms with Crippen molar-refractivity contribution < 1.29 is 27.1 Å². The van der Waals surface area contributed by atoms with Gasteiger partial charge in [0.15, 0.2) is 0 Å². The minimum Gasteiger partial charge on any atom is -0.464 e. The molecule has 3 rings (SSSR count). The van der Waals surface area contributed by atoms with Crippen molar-refractivity contribution in [3.63, 3.8) is 0 Å². The van der Waals surface area contributed by atoms with E-state index in [1.165, 1.54) is 0 Å². The summed E-state index contributed by atoms with van der Waals surface area (Å²) in [5, 5.41) is -1.21. The van der Waals surface area contributed by atoms with Crippen LogP contribution in [-0.4, -0.2) is 12.1 Å². The lowest BCUT2D eigenvalue weighted by molar-refractivity contribution is -0.147. The first-order valence-electron chi connectivity index (χ1n) is 8.77. The van der Waals surface area contributed by atoms with Crippen LogP contribution in [0.15, 0.2) is 52.1 Å². The van der Waals surface area contributed by atoms with Gasteiger partial charge < -0.3 is 9.15 Å². The summed E-state index contributed by atoms with van der Waals surface area (Å²) in [6.07, 6.45) is -2.12. The molecule has 1 aliphatic rings. The van der Waals surface area contributed by atoms with Crippen LogP contribution in [0.3, 0.4) is 0 Å². The number of rotatable bonds is 5. The lowest BCUT2D eigenvalue weighted by atomic mass is 10.0. The number of hydrogen-bond donors (Lipinski definition) is 0. The molecule has 0 bridgehead atoms. The number of benzene rings is 1. The van der Waals surface area contributed by atoms with Crippen molar-refractivity contribution in [2.24, 2.45) is 17.3 Å². The quantitative estimate of drug-likeness (QED) is 0.544. The molecule has 3 nitrogen and oxygen atoms in total. The Labute approximate surface area is 166 Å². The van der Waals surface area contributed by atoms with Crippen LogP contribution >= 0.6 is 11.6 Å². The zero-order valence-corrected chi connectivity index (χ0v) is 16.4. The Bertz CT molecular complexity index is 898. The van der Waals surface area contributed by atoms with Gasteiger partial charge in [-0.25, -0.2) is 0 Å². The van der Waals surface area contributed by atoms with E-state index in [0.29, 0.717) is 5.76 Å². The second kappa shape index (κ2) is 7.32. The second-order valence-electron chi connectivity index (χ2n) is 7.51. The summed E-state index contributed by atoms with van der Waals surface area (Å²) >= 11 is 5.32. The molecular weight excluding hydrogens is 393 g/mol. The minimum absolute atomic E-state index is 0.0369. The summed E-state index contributed by atoms with van der Waals surface area (Å²) in [6, 6.07) is 9.21. The van der Waals surface area contributed by atoms with Crippen LogP contribution in [0.25, 0.3) is 11.3 Å². The predicted molar refractivity (Wildman–Crippen MR) is 99.4 cm³/mol. The molecular formula is C21H20ClF3O3. The number of carbonyl (C=O) groups excluding carboxylic acids is 1. The third kappa shape index (κ3) is 3.97. The molecule has 0 spiro atoms. The average molecular weight is 413 g/mol. The van der Waals surface area contributed by atoms with Crippen LogP contribution in [0.4, 0.5) is 13.2 Å². The van der Waals surface area contributed by atoms with E-state index in [0.717, 1.165) is 22.8 Å². The fourth-order valence-corrected chi connectivity index (χ4v) is 3.60. The SMILES string of the molecule is Cc1c(COC(=O)[C@H]2[C@@H](C=C(Cl)C(F)(F)F)C2(C)C)cccc1-c1ccco1. The van der Waals surface area contributed by atoms with Gasteiger partial charge in [-0.3, -0.25) is 4.79 Å². The molecule has 1 heterocycles. The number of allylic oxidation sites excluding steroid dienone is 2. The highest BCUT2D eigenvalue weighted by molar-refractivity contribution is 6.30. The summed E-state index contributed by atoms with van der Waals surface area (Å²) in [5.74, 6) is -1.08. The van der Waals surface area contributed by atoms with Crippen molar-refractivity contribution in [3.8, 4) is 11.3 Å². The van der Waals surface area contributed by atoms with Gasteiger partial charge >= 0.3 is 12.1 Å². The number of alkyl halides is 3. The maximum Gasteiger partial charge on any atom is 0.426 e. The summed E-state index contributed by atoms with van der Waals surface area (Å²) in [6.45, 7) is 5.39. The van der Waals surface area contributed by atoms with E-state index in [9.17, 15) is 18.0 Å². The molecule has 1 saturated carbocycles. The fraction of sp³-hybridized carbons (Fsp3) is 0.381. The molecule has 0 aliphatic heterocycles. The maximum atomic E-state index is 12.7. The molecule has 7 heteroatoms. The first-order valence-corrected chi connectivity index (χ1v) is 9.14. The van der Waals surface area contributed by atoms with E-state index in [1.807, 2.05) is 31.2 Å². The van der Waals surface area contributed by atoms with Gasteiger partial charge in [0.05, 0.1) is 12.2 Å². The third-order valence-electron chi connectivity index (χ3n) is 5.36. The molecule has 2 atom stereocenters. The Kier molecular flexibility index (Phi) is 5.36. The number of halogens is 4. The highest BCUT2D eigenvalue weighted by atomic mass is 35.5. The Balaban J connectivity index is 1.69. The summed E-state index contributed by atoms with van der Waals surface area (Å²) in [5.41, 5.74) is 1.98. The average Bonchev–Trinajstić information content (AvgIpc) is 2.98. The zero-order chi connectivity index (χ0) is 20.7. The largest absolute Gasteiger partial charge is 0.464 e. The van der Waals surface area contributed by atoms with Crippen molar-refractivity contribution >= 4 is 17.6 Å². The summed E-state index contributed by atoms with van der Waals surface area (Å²) < 4.78 is 48.8. The number of furan rings is 1. The fourth-order valence-electron chi connectivity index (χ4n) is 3.47. The number of carbonyl (C=O) groups is 1.